The zero-order valence-electron chi connectivity index (χ0n) is 26.4. The van der Waals surface area contributed by atoms with Gasteiger partial charge in [-0.05, 0) is 93.5 Å². The van der Waals surface area contributed by atoms with E-state index in [-0.39, 0.29) is 11.0 Å². The van der Waals surface area contributed by atoms with Crippen molar-refractivity contribution in [3.8, 4) is 0 Å². The SMILES string of the molecule is COCCOCCOCCN1C[C@@H](C)C[C@H]2OC3(CC[C@@H]4C(=C(C)C3)C[C@H]3[C@H]4CCC4=CC(=O)CC[C@@]43C)[C@H](C)[C@@H]21. The Hall–Kier alpha value is -1.05. The maximum Gasteiger partial charge on any atom is 0.155 e. The molecule has 0 aromatic rings. The highest BCUT2D eigenvalue weighted by atomic mass is 16.5. The lowest BCUT2D eigenvalue weighted by Crippen LogP contribution is -2.52. The van der Waals surface area contributed by atoms with Gasteiger partial charge in [-0.3, -0.25) is 9.69 Å². The zero-order valence-corrected chi connectivity index (χ0v) is 26.4. The summed E-state index contributed by atoms with van der Waals surface area (Å²) in [6.07, 6.45) is 12.5. The smallest absolute Gasteiger partial charge is 0.155 e. The second-order valence-electron chi connectivity index (χ2n) is 14.7. The molecule has 6 heteroatoms. The van der Waals surface area contributed by atoms with Crippen molar-refractivity contribution in [1.82, 2.24) is 4.90 Å². The zero-order chi connectivity index (χ0) is 28.8. The molecule has 6 nitrogen and oxygen atoms in total. The van der Waals surface area contributed by atoms with Crippen LogP contribution in [0.2, 0.25) is 0 Å². The first-order valence-electron chi connectivity index (χ1n) is 16.7. The van der Waals surface area contributed by atoms with Gasteiger partial charge in [0.25, 0.3) is 0 Å². The minimum Gasteiger partial charge on any atom is -0.382 e. The Morgan fingerprint density at radius 2 is 1.83 bits per heavy atom. The Bertz CT molecular complexity index is 1040. The number of hydrogen-bond donors (Lipinski definition) is 0. The number of rotatable bonds is 9. The molecule has 0 N–H and O–H groups in total. The van der Waals surface area contributed by atoms with E-state index in [1.807, 2.05) is 6.08 Å². The number of ketones is 1. The lowest BCUT2D eigenvalue weighted by atomic mass is 9.56. The normalized spacial score (nSPS) is 42.5. The summed E-state index contributed by atoms with van der Waals surface area (Å²) in [5.41, 5.74) is 5.06. The summed E-state index contributed by atoms with van der Waals surface area (Å²) in [5, 5.41) is 0. The molecule has 2 aliphatic heterocycles. The third kappa shape index (κ3) is 5.54. The predicted octanol–water partition coefficient (Wildman–Crippen LogP) is 5.99. The number of methoxy groups -OCH3 is 1. The van der Waals surface area contributed by atoms with E-state index in [4.69, 9.17) is 18.9 Å². The molecule has 6 rings (SSSR count). The van der Waals surface area contributed by atoms with Crippen LogP contribution in [0, 0.1) is 35.0 Å². The first kappa shape index (κ1) is 30.0. The summed E-state index contributed by atoms with van der Waals surface area (Å²) in [5.74, 6) is 3.72. The third-order valence-corrected chi connectivity index (χ3v) is 12.5. The average Bonchev–Trinajstić information content (AvgIpc) is 3.40. The van der Waals surface area contributed by atoms with Gasteiger partial charge in [0.1, 0.15) is 0 Å². The number of likely N-dealkylation sites (tertiary alicyclic amines) is 1. The lowest BCUT2D eigenvalue weighted by Gasteiger charge is -2.48. The molecule has 4 fully saturated rings. The van der Waals surface area contributed by atoms with E-state index in [1.165, 1.54) is 37.7 Å². The predicted molar refractivity (Wildman–Crippen MR) is 161 cm³/mol. The second kappa shape index (κ2) is 12.1. The van der Waals surface area contributed by atoms with Crippen molar-refractivity contribution >= 4 is 5.78 Å². The molecule has 0 amide bonds. The topological polar surface area (TPSA) is 57.2 Å². The van der Waals surface area contributed by atoms with Gasteiger partial charge in [0.2, 0.25) is 0 Å². The Morgan fingerprint density at radius 1 is 1.05 bits per heavy atom. The van der Waals surface area contributed by atoms with Crippen LogP contribution in [-0.4, -0.2) is 81.7 Å². The fourth-order valence-corrected chi connectivity index (χ4v) is 10.4. The Morgan fingerprint density at radius 3 is 2.63 bits per heavy atom. The molecule has 0 radical (unpaired) electrons. The van der Waals surface area contributed by atoms with Gasteiger partial charge in [0.15, 0.2) is 5.78 Å². The molecule has 0 aromatic heterocycles. The van der Waals surface area contributed by atoms with Gasteiger partial charge >= 0.3 is 0 Å². The summed E-state index contributed by atoms with van der Waals surface area (Å²) in [6.45, 7) is 15.2. The monoisotopic (exact) mass is 569 g/mol. The molecule has 4 aliphatic carbocycles. The molecule has 2 saturated heterocycles. The van der Waals surface area contributed by atoms with Crippen LogP contribution in [-0.2, 0) is 23.7 Å². The highest BCUT2D eigenvalue weighted by molar-refractivity contribution is 5.91. The maximum absolute atomic E-state index is 12.2. The number of allylic oxidation sites excluding steroid dienone is 3. The average molecular weight is 570 g/mol. The minimum atomic E-state index is -0.0362. The molecule has 9 atom stereocenters. The van der Waals surface area contributed by atoms with Crippen molar-refractivity contribution in [2.75, 3.05) is 53.2 Å². The number of nitrogens with zero attached hydrogens (tertiary/aromatic N) is 1. The van der Waals surface area contributed by atoms with Crippen LogP contribution in [0.1, 0.15) is 85.5 Å². The summed E-state index contributed by atoms with van der Waals surface area (Å²) >= 11 is 0. The summed E-state index contributed by atoms with van der Waals surface area (Å²) in [7, 11) is 1.70. The van der Waals surface area contributed by atoms with Crippen LogP contribution in [0.3, 0.4) is 0 Å². The third-order valence-electron chi connectivity index (χ3n) is 12.5. The molecule has 0 bridgehead atoms. The van der Waals surface area contributed by atoms with Crippen LogP contribution in [0.25, 0.3) is 0 Å². The van der Waals surface area contributed by atoms with Crippen LogP contribution >= 0.6 is 0 Å². The highest BCUT2D eigenvalue weighted by Gasteiger charge is 2.59. The van der Waals surface area contributed by atoms with E-state index in [0.29, 0.717) is 68.0 Å². The molecule has 230 valence electrons. The molecule has 1 spiro atoms. The molecular formula is C35H55NO5. The molecule has 1 unspecified atom stereocenters. The van der Waals surface area contributed by atoms with Gasteiger partial charge in [-0.2, -0.15) is 0 Å². The van der Waals surface area contributed by atoms with E-state index in [2.05, 4.69) is 32.6 Å². The van der Waals surface area contributed by atoms with Gasteiger partial charge < -0.3 is 18.9 Å². The van der Waals surface area contributed by atoms with Crippen molar-refractivity contribution in [3.63, 3.8) is 0 Å². The van der Waals surface area contributed by atoms with Gasteiger partial charge in [-0.15, -0.1) is 0 Å². The largest absolute Gasteiger partial charge is 0.382 e. The number of ether oxygens (including phenoxy) is 4. The van der Waals surface area contributed by atoms with E-state index >= 15 is 0 Å². The highest BCUT2D eigenvalue weighted by Crippen LogP contribution is 2.64. The Labute approximate surface area is 248 Å². The summed E-state index contributed by atoms with van der Waals surface area (Å²) in [4.78, 5) is 14.9. The van der Waals surface area contributed by atoms with Gasteiger partial charge in [0.05, 0.1) is 44.7 Å². The second-order valence-corrected chi connectivity index (χ2v) is 14.7. The fraction of sp³-hybridized carbons (Fsp3) is 0.857. The van der Waals surface area contributed by atoms with Gasteiger partial charge in [0, 0.05) is 38.6 Å². The van der Waals surface area contributed by atoms with Gasteiger partial charge in [-0.25, -0.2) is 0 Å². The standard InChI is InChI=1S/C35H55NO5/c1-23-18-32-33(36(22-23)12-13-39-16-17-40-15-14-38-5)25(3)35(41-32)11-9-28-29-7-6-26-19-27(37)8-10-34(26,4)31(29)20-30(28)24(2)21-35/h19,23,25,28-29,31-33H,6-18,20-22H2,1-5H3/t23-,25+,28-,29-,31-,32+,33-,34-,35?/m0/s1. The maximum atomic E-state index is 12.2. The van der Waals surface area contributed by atoms with E-state index < -0.39 is 0 Å². The molecule has 2 saturated carbocycles. The van der Waals surface area contributed by atoms with Crippen molar-refractivity contribution in [2.45, 2.75) is 103 Å². The molecule has 6 aliphatic rings. The number of carbonyl (C=O) groups excluding carboxylic acids is 1. The van der Waals surface area contributed by atoms with E-state index in [1.54, 1.807) is 18.3 Å². The number of piperidine rings is 1. The summed E-state index contributed by atoms with van der Waals surface area (Å²) in [6, 6.07) is 0.484. The minimum absolute atomic E-state index is 0.0362. The van der Waals surface area contributed by atoms with Crippen LogP contribution in [0.15, 0.2) is 22.8 Å². The number of hydrogen-bond acceptors (Lipinski definition) is 6. The number of fused-ring (bicyclic) bond motifs is 6. The first-order valence-corrected chi connectivity index (χ1v) is 16.7. The number of carbonyl (C=O) groups is 1. The van der Waals surface area contributed by atoms with Gasteiger partial charge in [-0.1, -0.05) is 37.5 Å². The molecule has 41 heavy (non-hydrogen) atoms. The van der Waals surface area contributed by atoms with Crippen molar-refractivity contribution < 1.29 is 23.7 Å². The fourth-order valence-electron chi connectivity index (χ4n) is 10.4. The Balaban J connectivity index is 1.13. The Kier molecular flexibility index (Phi) is 8.89. The molecular weight excluding hydrogens is 514 g/mol. The molecule has 2 heterocycles. The van der Waals surface area contributed by atoms with Crippen LogP contribution < -0.4 is 0 Å². The van der Waals surface area contributed by atoms with Crippen LogP contribution in [0.4, 0.5) is 0 Å². The van der Waals surface area contributed by atoms with Crippen LogP contribution in [0.5, 0.6) is 0 Å². The van der Waals surface area contributed by atoms with E-state index in [0.717, 1.165) is 51.3 Å². The molecule has 0 aromatic carbocycles. The van der Waals surface area contributed by atoms with E-state index in [9.17, 15) is 4.79 Å². The first-order chi connectivity index (χ1) is 19.8. The summed E-state index contributed by atoms with van der Waals surface area (Å²) < 4.78 is 23.9. The quantitative estimate of drug-likeness (QED) is 0.251. The van der Waals surface area contributed by atoms with Crippen molar-refractivity contribution in [2.24, 2.45) is 35.0 Å². The van der Waals surface area contributed by atoms with Crippen molar-refractivity contribution in [3.05, 3.63) is 22.8 Å². The lowest BCUT2D eigenvalue weighted by molar-refractivity contribution is -0.116. The van der Waals surface area contributed by atoms with Crippen molar-refractivity contribution in [1.29, 1.82) is 0 Å².